The van der Waals surface area contributed by atoms with Crippen LogP contribution in [-0.2, 0) is 4.79 Å². The summed E-state index contributed by atoms with van der Waals surface area (Å²) in [4.78, 5) is 17.0. The number of amides is 1. The Morgan fingerprint density at radius 3 is 2.58 bits per heavy atom. The van der Waals surface area contributed by atoms with Crippen molar-refractivity contribution in [1.29, 1.82) is 0 Å². The smallest absolute Gasteiger partial charge is 0.262 e. The zero-order chi connectivity index (χ0) is 23.4. The van der Waals surface area contributed by atoms with Crippen LogP contribution in [0.2, 0.25) is 0 Å². The molecule has 0 saturated carbocycles. The Morgan fingerprint density at radius 1 is 1.15 bits per heavy atom. The van der Waals surface area contributed by atoms with Crippen LogP contribution in [0.5, 0.6) is 23.0 Å². The van der Waals surface area contributed by atoms with Gasteiger partial charge in [-0.05, 0) is 25.1 Å². The Bertz CT molecular complexity index is 1250. The van der Waals surface area contributed by atoms with Crippen LogP contribution in [0, 0.1) is 0 Å². The maximum Gasteiger partial charge on any atom is 0.262 e. The largest absolute Gasteiger partial charge is 0.496 e. The number of carbonyl (C=O) groups is 1. The Hall–Kier alpha value is -3.79. The molecule has 0 atom stereocenters. The SMILES string of the molecule is CCN=c1scc(-c2ccc3c(c2)NC(=O)CO3)n1N=Cc1c(OC)cc(OC)cc1OC. The van der Waals surface area contributed by atoms with E-state index in [0.29, 0.717) is 40.8 Å². The van der Waals surface area contributed by atoms with Gasteiger partial charge in [-0.1, -0.05) is 0 Å². The van der Waals surface area contributed by atoms with Gasteiger partial charge < -0.3 is 24.3 Å². The van der Waals surface area contributed by atoms with Crippen LogP contribution in [0.25, 0.3) is 11.3 Å². The summed E-state index contributed by atoms with van der Waals surface area (Å²) < 4.78 is 23.6. The Kier molecular flexibility index (Phi) is 6.64. The van der Waals surface area contributed by atoms with Crippen molar-refractivity contribution in [3.05, 3.63) is 46.1 Å². The molecule has 3 aromatic rings. The molecule has 33 heavy (non-hydrogen) atoms. The molecule has 1 aliphatic rings. The van der Waals surface area contributed by atoms with Crippen LogP contribution in [0.15, 0.2) is 45.8 Å². The minimum atomic E-state index is -0.184. The number of nitrogens with one attached hydrogen (secondary N) is 1. The maximum atomic E-state index is 11.7. The molecular formula is C23H24N4O5S. The average Bonchev–Trinajstić information content (AvgIpc) is 3.24. The summed E-state index contributed by atoms with van der Waals surface area (Å²) in [6.45, 7) is 2.59. The lowest BCUT2D eigenvalue weighted by atomic mass is 10.1. The summed E-state index contributed by atoms with van der Waals surface area (Å²) in [6, 6.07) is 9.17. The maximum absolute atomic E-state index is 11.7. The van der Waals surface area contributed by atoms with Gasteiger partial charge >= 0.3 is 0 Å². The number of aromatic nitrogens is 1. The number of ether oxygens (including phenoxy) is 4. The van der Waals surface area contributed by atoms with Gasteiger partial charge in [0.15, 0.2) is 6.61 Å². The van der Waals surface area contributed by atoms with Crippen molar-refractivity contribution in [1.82, 2.24) is 4.68 Å². The van der Waals surface area contributed by atoms with Crippen molar-refractivity contribution < 1.29 is 23.7 Å². The van der Waals surface area contributed by atoms with Gasteiger partial charge in [0.25, 0.3) is 5.91 Å². The Balaban J connectivity index is 1.81. The van der Waals surface area contributed by atoms with Gasteiger partial charge in [-0.3, -0.25) is 9.79 Å². The van der Waals surface area contributed by atoms with Gasteiger partial charge in [0.1, 0.15) is 23.0 Å². The molecular weight excluding hydrogens is 444 g/mol. The van der Waals surface area contributed by atoms with E-state index in [4.69, 9.17) is 24.0 Å². The highest BCUT2D eigenvalue weighted by molar-refractivity contribution is 7.07. The van der Waals surface area contributed by atoms with Crippen LogP contribution in [0.1, 0.15) is 12.5 Å². The molecule has 0 bridgehead atoms. The normalized spacial score (nSPS) is 13.5. The highest BCUT2D eigenvalue weighted by atomic mass is 32.1. The fourth-order valence-electron chi connectivity index (χ4n) is 3.37. The zero-order valence-corrected chi connectivity index (χ0v) is 19.6. The summed E-state index contributed by atoms with van der Waals surface area (Å²) in [6.07, 6.45) is 1.67. The standard InChI is InChI=1S/C23H24N4O5S/c1-5-24-23-27(25-11-16-20(30-3)9-15(29-2)10-21(16)31-4)18(13-33-23)14-6-7-19-17(8-14)26-22(28)12-32-19/h6-11,13H,5,12H2,1-4H3,(H,26,28). The predicted molar refractivity (Wildman–Crippen MR) is 127 cm³/mol. The molecule has 1 N–H and O–H groups in total. The lowest BCUT2D eigenvalue weighted by Crippen LogP contribution is -2.25. The number of fused-ring (bicyclic) bond motifs is 1. The summed E-state index contributed by atoms with van der Waals surface area (Å²) in [5, 5.41) is 9.54. The number of anilines is 1. The van der Waals surface area contributed by atoms with E-state index in [0.717, 1.165) is 16.1 Å². The first-order valence-electron chi connectivity index (χ1n) is 10.2. The molecule has 4 rings (SSSR count). The Morgan fingerprint density at radius 2 is 1.91 bits per heavy atom. The second kappa shape index (κ2) is 9.78. The lowest BCUT2D eigenvalue weighted by molar-refractivity contribution is -0.118. The molecule has 10 heteroatoms. The third-order valence-electron chi connectivity index (χ3n) is 4.94. The summed E-state index contributed by atoms with van der Waals surface area (Å²) >= 11 is 1.48. The van der Waals surface area contributed by atoms with Crippen molar-refractivity contribution in [2.75, 3.05) is 39.8 Å². The third kappa shape index (κ3) is 4.56. The molecule has 0 radical (unpaired) electrons. The fourth-order valence-corrected chi connectivity index (χ4v) is 4.27. The van der Waals surface area contributed by atoms with Crippen molar-refractivity contribution in [3.63, 3.8) is 0 Å². The summed E-state index contributed by atoms with van der Waals surface area (Å²) in [5.41, 5.74) is 2.97. The summed E-state index contributed by atoms with van der Waals surface area (Å²) in [7, 11) is 4.74. The van der Waals surface area contributed by atoms with Gasteiger partial charge in [-0.15, -0.1) is 11.3 Å². The molecule has 2 aromatic carbocycles. The number of carbonyl (C=O) groups excluding carboxylic acids is 1. The second-order valence-corrected chi connectivity index (χ2v) is 7.76. The van der Waals surface area contributed by atoms with Crippen LogP contribution in [0.3, 0.4) is 0 Å². The van der Waals surface area contributed by atoms with Gasteiger partial charge in [0.2, 0.25) is 4.80 Å². The second-order valence-electron chi connectivity index (χ2n) is 6.93. The van der Waals surface area contributed by atoms with Crippen molar-refractivity contribution in [2.45, 2.75) is 6.92 Å². The molecule has 9 nitrogen and oxygen atoms in total. The van der Waals surface area contributed by atoms with Gasteiger partial charge in [-0.25, -0.2) is 4.68 Å². The molecule has 2 heterocycles. The average molecular weight is 469 g/mol. The van der Waals surface area contributed by atoms with Gasteiger partial charge in [-0.2, -0.15) is 5.10 Å². The lowest BCUT2D eigenvalue weighted by Gasteiger charge is -2.18. The predicted octanol–water partition coefficient (Wildman–Crippen LogP) is 3.38. The minimum absolute atomic E-state index is 0.0140. The fraction of sp³-hybridized carbons (Fsp3) is 0.261. The molecule has 0 spiro atoms. The van der Waals surface area contributed by atoms with Crippen molar-refractivity contribution in [2.24, 2.45) is 10.1 Å². The minimum Gasteiger partial charge on any atom is -0.496 e. The van der Waals surface area contributed by atoms with Crippen molar-refractivity contribution >= 4 is 29.1 Å². The van der Waals surface area contributed by atoms with Crippen LogP contribution >= 0.6 is 11.3 Å². The van der Waals surface area contributed by atoms with Crippen molar-refractivity contribution in [3.8, 4) is 34.3 Å². The molecule has 0 saturated heterocycles. The third-order valence-corrected chi connectivity index (χ3v) is 5.80. The van der Waals surface area contributed by atoms with E-state index in [1.807, 2.05) is 30.5 Å². The van der Waals surface area contributed by atoms with Gasteiger partial charge in [0.05, 0.1) is 44.5 Å². The first-order chi connectivity index (χ1) is 16.1. The highest BCUT2D eigenvalue weighted by Gasteiger charge is 2.18. The van der Waals surface area contributed by atoms with E-state index in [2.05, 4.69) is 10.3 Å². The van der Waals surface area contributed by atoms with E-state index in [1.165, 1.54) is 11.3 Å². The number of nitrogens with zero attached hydrogens (tertiary/aromatic N) is 3. The molecule has 172 valence electrons. The number of benzene rings is 2. The Labute approximate surface area is 194 Å². The monoisotopic (exact) mass is 468 g/mol. The molecule has 0 aliphatic carbocycles. The van der Waals surface area contributed by atoms with Gasteiger partial charge in [0, 0.05) is 29.6 Å². The van der Waals surface area contributed by atoms with E-state index >= 15 is 0 Å². The number of hydrogen-bond acceptors (Lipinski definition) is 8. The van der Waals surface area contributed by atoms with Crippen LogP contribution in [-0.4, -0.2) is 51.3 Å². The van der Waals surface area contributed by atoms with E-state index in [-0.39, 0.29) is 12.5 Å². The molecule has 0 unspecified atom stereocenters. The molecule has 1 amide bonds. The molecule has 1 aromatic heterocycles. The first kappa shape index (κ1) is 22.4. The summed E-state index contributed by atoms with van der Waals surface area (Å²) in [5.74, 6) is 2.20. The van der Waals surface area contributed by atoms with Crippen LogP contribution in [0.4, 0.5) is 5.69 Å². The van der Waals surface area contributed by atoms with E-state index in [9.17, 15) is 4.79 Å². The van der Waals surface area contributed by atoms with E-state index < -0.39 is 0 Å². The van der Waals surface area contributed by atoms with Crippen LogP contribution < -0.4 is 29.1 Å². The molecule has 0 fully saturated rings. The number of rotatable bonds is 7. The first-order valence-corrected chi connectivity index (χ1v) is 11.1. The quantitative estimate of drug-likeness (QED) is 0.537. The number of methoxy groups -OCH3 is 3. The molecule has 1 aliphatic heterocycles. The van der Waals surface area contributed by atoms with E-state index in [1.54, 1.807) is 44.4 Å². The zero-order valence-electron chi connectivity index (χ0n) is 18.7. The topological polar surface area (TPSA) is 95.7 Å². The number of hydrogen-bond donors (Lipinski definition) is 1. The number of thiazole rings is 1. The highest BCUT2D eigenvalue weighted by Crippen LogP contribution is 2.34.